The summed E-state index contributed by atoms with van der Waals surface area (Å²) in [6, 6.07) is 14.9. The lowest BCUT2D eigenvalue weighted by Gasteiger charge is -2.45. The number of benzene rings is 2. The average Bonchev–Trinajstić information content (AvgIpc) is 2.90. The van der Waals surface area contributed by atoms with Gasteiger partial charge in [-0.1, -0.05) is 171 Å². The van der Waals surface area contributed by atoms with E-state index in [9.17, 15) is 0 Å². The molecule has 0 aromatic heterocycles. The highest BCUT2D eigenvalue weighted by atomic mass is 79.9. The van der Waals surface area contributed by atoms with Crippen molar-refractivity contribution in [3.63, 3.8) is 0 Å². The molecular weight excluding hydrogens is 867 g/mol. The summed E-state index contributed by atoms with van der Waals surface area (Å²) in [6.45, 7) is 0. The molecule has 4 rings (SSSR count). The highest BCUT2D eigenvalue weighted by Gasteiger charge is 2.56. The number of rotatable bonds is 5. The maximum atomic E-state index is 7.05. The summed E-state index contributed by atoms with van der Waals surface area (Å²) in [7, 11) is 2.52. The van der Waals surface area contributed by atoms with Gasteiger partial charge in [0.05, 0.1) is 51.0 Å². The van der Waals surface area contributed by atoms with Crippen LogP contribution in [0.5, 0.6) is 0 Å². The van der Waals surface area contributed by atoms with E-state index in [1.165, 1.54) is 21.6 Å². The van der Waals surface area contributed by atoms with Gasteiger partial charge in [0.1, 0.15) is 9.49 Å². The molecule has 0 heterocycles. The first kappa shape index (κ1) is 32.9. The van der Waals surface area contributed by atoms with Crippen LogP contribution in [-0.2, 0) is 9.49 Å². The summed E-state index contributed by atoms with van der Waals surface area (Å²) in [5, 5.41) is -0.920. The summed E-state index contributed by atoms with van der Waals surface area (Å²) in [5.74, 6) is 0. The Morgan fingerprint density at radius 3 is 1.21 bits per heavy atom. The summed E-state index contributed by atoms with van der Waals surface area (Å²) >= 11 is 74.4. The number of halogens is 12. The predicted octanol–water partition coefficient (Wildman–Crippen LogP) is 13.7. The predicted molar refractivity (Wildman–Crippen MR) is 181 cm³/mol. The Morgan fingerprint density at radius 2 is 0.895 bits per heavy atom. The second kappa shape index (κ2) is 12.9. The van der Waals surface area contributed by atoms with Crippen LogP contribution in [0.3, 0.4) is 0 Å². The van der Waals surface area contributed by atoms with Crippen molar-refractivity contribution in [3.8, 4) is 0 Å². The summed E-state index contributed by atoms with van der Waals surface area (Å²) in [5.41, 5.74) is 1.40. The molecule has 0 bridgehead atoms. The van der Waals surface area contributed by atoms with Crippen LogP contribution in [-0.4, -0.2) is 10.8 Å². The molecule has 0 fully saturated rings. The summed E-state index contributed by atoms with van der Waals surface area (Å²) in [6.07, 6.45) is 0. The molecule has 202 valence electrons. The van der Waals surface area contributed by atoms with Crippen LogP contribution in [0.15, 0.2) is 97.7 Å². The number of alkyl halides is 2. The second-order valence-corrected chi connectivity index (χ2v) is 16.4. The van der Waals surface area contributed by atoms with Crippen molar-refractivity contribution in [2.24, 2.45) is 0 Å². The molecule has 2 aliphatic carbocycles. The normalized spacial score (nSPS) is 28.5. The van der Waals surface area contributed by atoms with E-state index in [0.717, 1.165) is 8.95 Å². The van der Waals surface area contributed by atoms with Crippen LogP contribution in [0.2, 0.25) is 0 Å². The van der Waals surface area contributed by atoms with E-state index in [-0.39, 0.29) is 40.3 Å². The smallest absolute Gasteiger partial charge is 0.110 e. The van der Waals surface area contributed by atoms with E-state index >= 15 is 0 Å². The zero-order chi connectivity index (χ0) is 28.2. The first-order valence-electron chi connectivity index (χ1n) is 10.2. The number of hydrogen-bond acceptors (Lipinski definition) is 2. The highest BCUT2D eigenvalue weighted by molar-refractivity contribution is 9.10. The third kappa shape index (κ3) is 5.52. The first-order chi connectivity index (χ1) is 17.8. The lowest BCUT2D eigenvalue weighted by Crippen LogP contribution is -2.40. The SMILES string of the molecule is ClC1=C(Cl)C(Cl)C(SSC2(c3cccc(Br)c3)C(Cl)=C(Cl)C(Cl)=C(Cl)C2Cl)(c2cccc(Br)c2)C(Cl)=C1Cl. The van der Waals surface area contributed by atoms with Crippen LogP contribution in [0.25, 0.3) is 0 Å². The molecule has 0 spiro atoms. The molecule has 0 radical (unpaired) electrons. The van der Waals surface area contributed by atoms with Gasteiger partial charge in [-0.2, -0.15) is 0 Å². The maximum absolute atomic E-state index is 7.05. The van der Waals surface area contributed by atoms with Gasteiger partial charge in [-0.25, -0.2) is 0 Å². The molecular formula is C24H10Br2Cl10S2. The Hall–Kier alpha value is 1.96. The van der Waals surface area contributed by atoms with Gasteiger partial charge in [0.2, 0.25) is 0 Å². The average molecular weight is 877 g/mol. The van der Waals surface area contributed by atoms with Crippen molar-refractivity contribution in [2.45, 2.75) is 20.2 Å². The molecule has 0 nitrogen and oxygen atoms in total. The fourth-order valence-electron chi connectivity index (χ4n) is 3.90. The Bertz CT molecular complexity index is 1330. The fraction of sp³-hybridized carbons (Fsp3) is 0.167. The Labute approximate surface area is 295 Å². The monoisotopic (exact) mass is 870 g/mol. The first-order valence-corrected chi connectivity index (χ1v) is 17.8. The van der Waals surface area contributed by atoms with Gasteiger partial charge in [-0.05, 0) is 35.4 Å². The molecule has 4 unspecified atom stereocenters. The fourth-order valence-corrected chi connectivity index (χ4v) is 13.1. The lowest BCUT2D eigenvalue weighted by molar-refractivity contribution is 0.753. The van der Waals surface area contributed by atoms with Crippen LogP contribution >= 0.6 is 169 Å². The Balaban J connectivity index is 1.98. The quantitative estimate of drug-likeness (QED) is 0.217. The molecule has 14 heteroatoms. The van der Waals surface area contributed by atoms with Gasteiger partial charge in [-0.15, -0.1) is 23.2 Å². The van der Waals surface area contributed by atoms with Gasteiger partial charge >= 0.3 is 0 Å². The van der Waals surface area contributed by atoms with Crippen molar-refractivity contribution in [1.29, 1.82) is 0 Å². The Morgan fingerprint density at radius 1 is 0.553 bits per heavy atom. The molecule has 0 amide bonds. The minimum atomic E-state index is -1.24. The minimum absolute atomic E-state index is 0.0721. The second-order valence-electron chi connectivity index (χ2n) is 7.96. The zero-order valence-corrected chi connectivity index (χ0v) is 30.5. The molecule has 4 atom stereocenters. The van der Waals surface area contributed by atoms with E-state index in [2.05, 4.69) is 31.9 Å². The van der Waals surface area contributed by atoms with E-state index in [1.54, 1.807) is 0 Å². The van der Waals surface area contributed by atoms with Crippen molar-refractivity contribution in [2.75, 3.05) is 0 Å². The van der Waals surface area contributed by atoms with Crippen LogP contribution in [0, 0.1) is 0 Å². The van der Waals surface area contributed by atoms with Crippen molar-refractivity contribution < 1.29 is 0 Å². The van der Waals surface area contributed by atoms with Crippen LogP contribution in [0.4, 0.5) is 0 Å². The van der Waals surface area contributed by atoms with Gasteiger partial charge in [0, 0.05) is 8.95 Å². The van der Waals surface area contributed by atoms with Crippen molar-refractivity contribution in [3.05, 3.63) is 109 Å². The molecule has 0 saturated carbocycles. The Kier molecular flexibility index (Phi) is 11.2. The third-order valence-electron chi connectivity index (χ3n) is 5.81. The molecule has 2 aliphatic rings. The molecule has 2 aromatic carbocycles. The van der Waals surface area contributed by atoms with Gasteiger partial charge in [0.15, 0.2) is 0 Å². The standard InChI is InChI=1S/C24H10Br2Cl10S2/c25-11-5-1-3-9(7-11)23(19(33)15(29)13(27)16(30)20(23)34)37-38-24(10-4-2-6-12(26)8-10)21(35)17(31)14(28)18(32)22(24)36/h1-8,19,21H. The largest absolute Gasteiger partial charge is 0.114 e. The summed E-state index contributed by atoms with van der Waals surface area (Å²) < 4.78 is -0.897. The van der Waals surface area contributed by atoms with Crippen LogP contribution in [0.1, 0.15) is 11.1 Å². The maximum Gasteiger partial charge on any atom is 0.110 e. The number of allylic oxidation sites excluding steroid dienone is 6. The van der Waals surface area contributed by atoms with E-state index in [4.69, 9.17) is 116 Å². The molecule has 0 N–H and O–H groups in total. The molecule has 38 heavy (non-hydrogen) atoms. The lowest BCUT2D eigenvalue weighted by atomic mass is 9.90. The molecule has 0 aliphatic heterocycles. The van der Waals surface area contributed by atoms with Crippen molar-refractivity contribution in [1.82, 2.24) is 0 Å². The molecule has 0 saturated heterocycles. The van der Waals surface area contributed by atoms with Gasteiger partial charge in [-0.3, -0.25) is 0 Å². The summed E-state index contributed by atoms with van der Waals surface area (Å²) in [4.78, 5) is 0. The van der Waals surface area contributed by atoms with E-state index in [1.807, 2.05) is 48.5 Å². The van der Waals surface area contributed by atoms with Crippen molar-refractivity contribution >= 4 is 169 Å². The van der Waals surface area contributed by atoms with Gasteiger partial charge in [0.25, 0.3) is 0 Å². The van der Waals surface area contributed by atoms with Gasteiger partial charge < -0.3 is 0 Å². The molecule has 2 aromatic rings. The van der Waals surface area contributed by atoms with E-state index < -0.39 is 20.2 Å². The highest BCUT2D eigenvalue weighted by Crippen LogP contribution is 2.68. The minimum Gasteiger partial charge on any atom is -0.114 e. The van der Waals surface area contributed by atoms with E-state index in [0.29, 0.717) is 11.1 Å². The number of hydrogen-bond donors (Lipinski definition) is 0. The topological polar surface area (TPSA) is 0 Å². The third-order valence-corrected chi connectivity index (χ3v) is 16.3. The van der Waals surface area contributed by atoms with Crippen LogP contribution < -0.4 is 0 Å². The zero-order valence-electron chi connectivity index (χ0n) is 18.1.